The first kappa shape index (κ1) is 14.3. The Morgan fingerprint density at radius 1 is 1.61 bits per heavy atom. The molecule has 5 heteroatoms. The first-order chi connectivity index (χ1) is 8.54. The number of nitrogens with two attached hydrogens (primary N) is 1. The van der Waals surface area contributed by atoms with Gasteiger partial charge in [0.1, 0.15) is 0 Å². The summed E-state index contributed by atoms with van der Waals surface area (Å²) in [6.07, 6.45) is 1.12. The zero-order valence-corrected chi connectivity index (χ0v) is 12.4. The molecule has 2 heterocycles. The lowest BCUT2D eigenvalue weighted by atomic mass is 10.0. The Morgan fingerprint density at radius 3 is 2.83 bits per heavy atom. The molecule has 1 fully saturated rings. The van der Waals surface area contributed by atoms with Crippen LogP contribution in [-0.4, -0.2) is 35.2 Å². The minimum absolute atomic E-state index is 0.0269. The maximum absolute atomic E-state index is 9.58. The number of halogens is 1. The molecule has 4 atom stereocenters. The van der Waals surface area contributed by atoms with Crippen LogP contribution in [0.2, 0.25) is 4.34 Å². The minimum atomic E-state index is 0.0269. The summed E-state index contributed by atoms with van der Waals surface area (Å²) < 4.78 is 0.795. The topological polar surface area (TPSA) is 49.5 Å². The number of aliphatic hydroxyl groups is 1. The third-order valence-corrected chi connectivity index (χ3v) is 5.16. The number of hydrogen-bond donors (Lipinski definition) is 2. The van der Waals surface area contributed by atoms with Crippen molar-refractivity contribution in [3.05, 3.63) is 21.3 Å². The average molecular weight is 289 g/mol. The molecule has 1 aliphatic rings. The van der Waals surface area contributed by atoms with Crippen molar-refractivity contribution < 1.29 is 5.11 Å². The highest BCUT2D eigenvalue weighted by atomic mass is 35.5. The van der Waals surface area contributed by atoms with E-state index in [0.29, 0.717) is 5.92 Å². The minimum Gasteiger partial charge on any atom is -0.395 e. The van der Waals surface area contributed by atoms with Crippen LogP contribution in [0.5, 0.6) is 0 Å². The number of thiophene rings is 1. The van der Waals surface area contributed by atoms with Crippen LogP contribution in [0.25, 0.3) is 0 Å². The number of likely N-dealkylation sites (tertiary alicyclic amines) is 1. The molecular formula is C13H21ClN2OS. The predicted octanol–water partition coefficient (Wildman–Crippen LogP) is 2.49. The Kier molecular flexibility index (Phi) is 4.67. The van der Waals surface area contributed by atoms with E-state index in [2.05, 4.69) is 17.9 Å². The van der Waals surface area contributed by atoms with Crippen LogP contribution >= 0.6 is 22.9 Å². The monoisotopic (exact) mass is 288 g/mol. The summed E-state index contributed by atoms with van der Waals surface area (Å²) >= 11 is 7.61. The van der Waals surface area contributed by atoms with E-state index >= 15 is 0 Å². The summed E-state index contributed by atoms with van der Waals surface area (Å²) in [7, 11) is 0. The fourth-order valence-electron chi connectivity index (χ4n) is 2.88. The molecule has 3 N–H and O–H groups in total. The van der Waals surface area contributed by atoms with E-state index in [1.54, 1.807) is 11.3 Å². The molecule has 18 heavy (non-hydrogen) atoms. The van der Waals surface area contributed by atoms with E-state index < -0.39 is 0 Å². The van der Waals surface area contributed by atoms with Gasteiger partial charge in [0, 0.05) is 17.0 Å². The summed E-state index contributed by atoms with van der Waals surface area (Å²) in [5.74, 6) is 0.520. The Hall–Kier alpha value is -0.130. The van der Waals surface area contributed by atoms with Crippen LogP contribution < -0.4 is 5.73 Å². The smallest absolute Gasteiger partial charge is 0.0931 e. The van der Waals surface area contributed by atoms with E-state index in [0.717, 1.165) is 17.3 Å². The van der Waals surface area contributed by atoms with Gasteiger partial charge in [-0.15, -0.1) is 11.3 Å². The van der Waals surface area contributed by atoms with E-state index in [1.807, 2.05) is 13.0 Å². The second-order valence-electron chi connectivity index (χ2n) is 5.20. The van der Waals surface area contributed by atoms with E-state index in [1.165, 1.54) is 4.88 Å². The van der Waals surface area contributed by atoms with Gasteiger partial charge in [-0.1, -0.05) is 18.5 Å². The van der Waals surface area contributed by atoms with Crippen LogP contribution in [0, 0.1) is 5.92 Å². The van der Waals surface area contributed by atoms with Crippen molar-refractivity contribution in [2.24, 2.45) is 11.7 Å². The molecule has 0 spiro atoms. The molecule has 0 aliphatic carbocycles. The summed E-state index contributed by atoms with van der Waals surface area (Å²) in [5.41, 5.74) is 6.16. The standard InChI is InChI=1S/C13H21ClN2OS/c1-8-5-6-16(10(8)7-17)13(9(2)15)11-3-4-12(14)18-11/h3-4,8-10,13,17H,5-7,15H2,1-2H3. The van der Waals surface area contributed by atoms with E-state index in [-0.39, 0.29) is 24.7 Å². The van der Waals surface area contributed by atoms with Gasteiger partial charge in [-0.3, -0.25) is 4.90 Å². The largest absolute Gasteiger partial charge is 0.395 e. The molecular weight excluding hydrogens is 268 g/mol. The van der Waals surface area contributed by atoms with Gasteiger partial charge in [-0.2, -0.15) is 0 Å². The van der Waals surface area contributed by atoms with Gasteiger partial charge in [0.25, 0.3) is 0 Å². The Balaban J connectivity index is 2.25. The molecule has 1 aliphatic heterocycles. The van der Waals surface area contributed by atoms with Crippen molar-refractivity contribution in [2.45, 2.75) is 38.4 Å². The quantitative estimate of drug-likeness (QED) is 0.895. The summed E-state index contributed by atoms with van der Waals surface area (Å²) in [4.78, 5) is 3.54. The van der Waals surface area contributed by atoms with Crippen LogP contribution in [0.1, 0.15) is 31.2 Å². The first-order valence-electron chi connectivity index (χ1n) is 6.42. The second kappa shape index (κ2) is 5.88. The number of aliphatic hydroxyl groups excluding tert-OH is 1. The van der Waals surface area contributed by atoms with Gasteiger partial charge < -0.3 is 10.8 Å². The second-order valence-corrected chi connectivity index (χ2v) is 6.95. The van der Waals surface area contributed by atoms with Gasteiger partial charge in [-0.25, -0.2) is 0 Å². The third kappa shape index (κ3) is 2.73. The highest BCUT2D eigenvalue weighted by Gasteiger charge is 2.37. The van der Waals surface area contributed by atoms with Crippen molar-refractivity contribution >= 4 is 22.9 Å². The normalized spacial score (nSPS) is 28.5. The zero-order chi connectivity index (χ0) is 13.3. The third-order valence-electron chi connectivity index (χ3n) is 3.85. The zero-order valence-electron chi connectivity index (χ0n) is 10.8. The summed E-state index contributed by atoms with van der Waals surface area (Å²) in [5, 5.41) is 9.58. The molecule has 3 nitrogen and oxygen atoms in total. The number of rotatable bonds is 4. The van der Waals surface area contributed by atoms with Gasteiger partial charge in [0.2, 0.25) is 0 Å². The maximum atomic E-state index is 9.58. The SMILES string of the molecule is CC(N)C(c1ccc(Cl)s1)N1CCC(C)C1CO. The van der Waals surface area contributed by atoms with Gasteiger partial charge in [0.15, 0.2) is 0 Å². The van der Waals surface area contributed by atoms with Crippen LogP contribution in [0.3, 0.4) is 0 Å². The number of nitrogens with zero attached hydrogens (tertiary/aromatic N) is 1. The fraction of sp³-hybridized carbons (Fsp3) is 0.692. The molecule has 0 bridgehead atoms. The highest BCUT2D eigenvalue weighted by Crippen LogP contribution is 2.37. The summed E-state index contributed by atoms with van der Waals surface area (Å²) in [6, 6.07) is 4.37. The van der Waals surface area contributed by atoms with Crippen LogP contribution in [0.15, 0.2) is 12.1 Å². The van der Waals surface area contributed by atoms with Crippen molar-refractivity contribution in [3.63, 3.8) is 0 Å². The number of hydrogen-bond acceptors (Lipinski definition) is 4. The molecule has 2 rings (SSSR count). The van der Waals surface area contributed by atoms with E-state index in [4.69, 9.17) is 17.3 Å². The Morgan fingerprint density at radius 2 is 2.33 bits per heavy atom. The van der Waals surface area contributed by atoms with Gasteiger partial charge >= 0.3 is 0 Å². The van der Waals surface area contributed by atoms with Crippen molar-refractivity contribution in [1.29, 1.82) is 0 Å². The van der Waals surface area contributed by atoms with Crippen molar-refractivity contribution in [1.82, 2.24) is 4.90 Å². The maximum Gasteiger partial charge on any atom is 0.0931 e. The van der Waals surface area contributed by atoms with Crippen molar-refractivity contribution in [2.75, 3.05) is 13.2 Å². The molecule has 4 unspecified atom stereocenters. The van der Waals surface area contributed by atoms with Gasteiger partial charge in [0.05, 0.1) is 17.0 Å². The molecule has 1 aromatic rings. The molecule has 0 aromatic carbocycles. The molecule has 0 saturated carbocycles. The van der Waals surface area contributed by atoms with Crippen LogP contribution in [0.4, 0.5) is 0 Å². The molecule has 102 valence electrons. The highest BCUT2D eigenvalue weighted by molar-refractivity contribution is 7.16. The first-order valence-corrected chi connectivity index (χ1v) is 7.61. The fourth-order valence-corrected chi connectivity index (χ4v) is 4.18. The lowest BCUT2D eigenvalue weighted by Gasteiger charge is -2.35. The van der Waals surface area contributed by atoms with E-state index in [9.17, 15) is 5.11 Å². The molecule has 0 radical (unpaired) electrons. The average Bonchev–Trinajstić information content (AvgIpc) is 2.86. The van der Waals surface area contributed by atoms with Gasteiger partial charge in [-0.05, 0) is 37.9 Å². The predicted molar refractivity (Wildman–Crippen MR) is 77.1 cm³/mol. The lowest BCUT2D eigenvalue weighted by molar-refractivity contribution is 0.0942. The summed E-state index contributed by atoms with van der Waals surface area (Å²) in [6.45, 7) is 5.41. The molecule has 1 saturated heterocycles. The Labute approximate surface area is 118 Å². The van der Waals surface area contributed by atoms with Crippen molar-refractivity contribution in [3.8, 4) is 0 Å². The molecule has 1 aromatic heterocycles. The van der Waals surface area contributed by atoms with Crippen LogP contribution in [-0.2, 0) is 0 Å². The molecule has 0 amide bonds. The Bertz CT molecular complexity index is 396. The lowest BCUT2D eigenvalue weighted by Crippen LogP contribution is -2.44.